The van der Waals surface area contributed by atoms with E-state index in [0.29, 0.717) is 28.5 Å². The van der Waals surface area contributed by atoms with Crippen LogP contribution in [0.15, 0.2) is 23.9 Å². The molecule has 1 aliphatic heterocycles. The molecule has 178 valence electrons. The third-order valence-electron chi connectivity index (χ3n) is 5.00. The first-order chi connectivity index (χ1) is 15.7. The molecule has 1 N–H and O–H groups in total. The van der Waals surface area contributed by atoms with Crippen molar-refractivity contribution in [2.45, 2.75) is 39.2 Å². The predicted octanol–water partition coefficient (Wildman–Crippen LogP) is 5.33. The van der Waals surface area contributed by atoms with Gasteiger partial charge >= 0.3 is 0 Å². The van der Waals surface area contributed by atoms with Crippen molar-refractivity contribution in [2.24, 2.45) is 0 Å². The molecule has 0 spiro atoms. The summed E-state index contributed by atoms with van der Waals surface area (Å²) in [6.45, 7) is 2.20. The third-order valence-corrected chi connectivity index (χ3v) is 5.71. The smallest absolute Gasteiger partial charge is 0.283 e. The lowest BCUT2D eigenvalue weighted by Gasteiger charge is -2.13. The highest BCUT2D eigenvalue weighted by Gasteiger charge is 2.30. The second-order valence-corrected chi connectivity index (χ2v) is 7.98. The Hall–Kier alpha value is -2.66. The van der Waals surface area contributed by atoms with Gasteiger partial charge in [0, 0.05) is 12.1 Å². The van der Waals surface area contributed by atoms with Crippen molar-refractivity contribution in [3.8, 4) is 5.75 Å². The summed E-state index contributed by atoms with van der Waals surface area (Å²) in [7, 11) is 1.39. The number of unbranched alkanes of at least 4 members (excludes halogenated alkanes) is 1. The quantitative estimate of drug-likeness (QED) is 0.284. The van der Waals surface area contributed by atoms with Crippen LogP contribution in [0.25, 0.3) is 6.08 Å². The van der Waals surface area contributed by atoms with Crippen LogP contribution >= 0.6 is 23.8 Å². The Balaban J connectivity index is 1.95. The molecular weight excluding hydrogens is 484 g/mol. The largest absolute Gasteiger partial charge is 0.496 e. The zero-order valence-corrected chi connectivity index (χ0v) is 19.3. The highest BCUT2D eigenvalue weighted by molar-refractivity contribution is 7.80. The average Bonchev–Trinajstić information content (AvgIpc) is 3.22. The van der Waals surface area contributed by atoms with E-state index in [2.05, 4.69) is 10.4 Å². The van der Waals surface area contributed by atoms with Crippen LogP contribution in [0.2, 0.25) is 5.02 Å². The first kappa shape index (κ1) is 25.0. The summed E-state index contributed by atoms with van der Waals surface area (Å²) in [6, 6.07) is 4.83. The maximum atomic E-state index is 13.5. The van der Waals surface area contributed by atoms with Gasteiger partial charge in [-0.05, 0) is 42.4 Å². The number of hydrogen-bond acceptors (Lipinski definition) is 4. The van der Waals surface area contributed by atoms with E-state index in [1.807, 2.05) is 6.92 Å². The number of aromatic nitrogens is 2. The first-order valence-corrected chi connectivity index (χ1v) is 10.8. The first-order valence-electron chi connectivity index (χ1n) is 10.0. The fraction of sp³-hybridized carbons (Fsp3) is 0.381. The van der Waals surface area contributed by atoms with Gasteiger partial charge in [-0.1, -0.05) is 31.0 Å². The van der Waals surface area contributed by atoms with Crippen molar-refractivity contribution in [3.63, 3.8) is 0 Å². The minimum absolute atomic E-state index is 0.266. The molecule has 0 atom stereocenters. The standard InChI is InChI=1S/C21H21ClF4N4O2S/c1-3-4-7-29-20(31)13(27-21(29)33)9-11-5-6-14(32-2)12(8-11)10-30-17(19(25)26)15(22)16(28-30)18(23)24/h5-6,8-9,18-19H,3-4,7,10H2,1-2H3,(H,27,33)/b13-9+. The van der Waals surface area contributed by atoms with Crippen LogP contribution in [0.4, 0.5) is 17.6 Å². The fourth-order valence-corrected chi connectivity index (χ4v) is 3.96. The second kappa shape index (κ2) is 10.5. The van der Waals surface area contributed by atoms with E-state index in [9.17, 15) is 22.4 Å². The molecule has 2 heterocycles. The molecule has 6 nitrogen and oxygen atoms in total. The maximum absolute atomic E-state index is 13.5. The zero-order valence-electron chi connectivity index (χ0n) is 17.7. The number of methoxy groups -OCH3 is 1. The van der Waals surface area contributed by atoms with Gasteiger partial charge in [-0.25, -0.2) is 17.6 Å². The Morgan fingerprint density at radius 2 is 2.00 bits per heavy atom. The molecule has 1 aromatic carbocycles. The van der Waals surface area contributed by atoms with Gasteiger partial charge in [0.15, 0.2) is 5.11 Å². The summed E-state index contributed by atoms with van der Waals surface area (Å²) in [4.78, 5) is 14.1. The molecule has 2 aromatic rings. The van der Waals surface area contributed by atoms with Gasteiger partial charge in [0.2, 0.25) is 0 Å². The Morgan fingerprint density at radius 3 is 2.61 bits per heavy atom. The van der Waals surface area contributed by atoms with E-state index in [1.165, 1.54) is 12.0 Å². The van der Waals surface area contributed by atoms with Crippen molar-refractivity contribution in [2.75, 3.05) is 13.7 Å². The molecule has 1 fully saturated rings. The number of nitrogens with zero attached hydrogens (tertiary/aromatic N) is 3. The van der Waals surface area contributed by atoms with E-state index in [0.717, 1.165) is 17.5 Å². The molecule has 0 unspecified atom stereocenters. The Labute approximate surface area is 198 Å². The van der Waals surface area contributed by atoms with Gasteiger partial charge in [0.25, 0.3) is 18.8 Å². The number of amides is 1. The number of benzene rings is 1. The van der Waals surface area contributed by atoms with E-state index >= 15 is 0 Å². The number of thiocarbonyl (C=S) groups is 1. The lowest BCUT2D eigenvalue weighted by Crippen LogP contribution is -2.31. The van der Waals surface area contributed by atoms with Gasteiger partial charge < -0.3 is 10.1 Å². The molecule has 0 bridgehead atoms. The van der Waals surface area contributed by atoms with Gasteiger partial charge in [0.1, 0.15) is 22.8 Å². The number of hydrogen-bond donors (Lipinski definition) is 1. The molecule has 1 aromatic heterocycles. The van der Waals surface area contributed by atoms with Crippen molar-refractivity contribution in [1.82, 2.24) is 20.0 Å². The molecule has 0 saturated carbocycles. The van der Waals surface area contributed by atoms with E-state index in [1.54, 1.807) is 24.3 Å². The molecule has 1 amide bonds. The van der Waals surface area contributed by atoms with Crippen LogP contribution in [0.5, 0.6) is 5.75 Å². The third kappa shape index (κ3) is 5.30. The predicted molar refractivity (Wildman–Crippen MR) is 120 cm³/mol. The lowest BCUT2D eigenvalue weighted by molar-refractivity contribution is -0.122. The fourth-order valence-electron chi connectivity index (χ4n) is 3.37. The molecular formula is C21H21ClF4N4O2S. The van der Waals surface area contributed by atoms with Crippen molar-refractivity contribution in [3.05, 3.63) is 51.4 Å². The molecule has 3 rings (SSSR count). The number of carbonyl (C=O) groups is 1. The summed E-state index contributed by atoms with van der Waals surface area (Å²) in [5.41, 5.74) is -0.520. The van der Waals surface area contributed by atoms with E-state index in [4.69, 9.17) is 28.6 Å². The van der Waals surface area contributed by atoms with Crippen molar-refractivity contribution in [1.29, 1.82) is 0 Å². The van der Waals surface area contributed by atoms with Crippen LogP contribution in [0.3, 0.4) is 0 Å². The Bertz CT molecular complexity index is 1090. The van der Waals surface area contributed by atoms with Gasteiger partial charge in [0.05, 0.1) is 18.7 Å². The highest BCUT2D eigenvalue weighted by atomic mass is 35.5. The van der Waals surface area contributed by atoms with E-state index in [-0.39, 0.29) is 18.1 Å². The minimum Gasteiger partial charge on any atom is -0.496 e. The summed E-state index contributed by atoms with van der Waals surface area (Å²) < 4.78 is 59.3. The summed E-state index contributed by atoms with van der Waals surface area (Å²) in [5.74, 6) is 0.0552. The number of alkyl halides is 4. The van der Waals surface area contributed by atoms with Crippen molar-refractivity contribution >= 4 is 40.9 Å². The SMILES string of the molecule is CCCCN1C(=O)/C(=C\c2ccc(OC)c(Cn3nc(C(F)F)c(Cl)c3C(F)F)c2)NC1=S. The van der Waals surface area contributed by atoms with Gasteiger partial charge in [-0.15, -0.1) is 0 Å². The van der Waals surface area contributed by atoms with Gasteiger partial charge in [-0.2, -0.15) is 5.10 Å². The Morgan fingerprint density at radius 1 is 1.27 bits per heavy atom. The summed E-state index contributed by atoms with van der Waals surface area (Å²) in [5, 5.41) is 6.01. The second-order valence-electron chi connectivity index (χ2n) is 7.21. The molecule has 12 heteroatoms. The molecule has 1 aliphatic rings. The van der Waals surface area contributed by atoms with Crippen LogP contribution in [-0.2, 0) is 11.3 Å². The zero-order chi connectivity index (χ0) is 24.3. The molecule has 1 saturated heterocycles. The number of ether oxygens (including phenoxy) is 1. The van der Waals surface area contributed by atoms with E-state index < -0.39 is 29.3 Å². The molecule has 0 radical (unpaired) electrons. The average molecular weight is 505 g/mol. The molecule has 0 aliphatic carbocycles. The van der Waals surface area contributed by atoms with Crippen LogP contribution in [0.1, 0.15) is 55.1 Å². The van der Waals surface area contributed by atoms with Gasteiger partial charge in [-0.3, -0.25) is 14.4 Å². The lowest BCUT2D eigenvalue weighted by atomic mass is 10.1. The van der Waals surface area contributed by atoms with Crippen molar-refractivity contribution < 1.29 is 27.1 Å². The normalized spacial score (nSPS) is 15.3. The molecule has 33 heavy (non-hydrogen) atoms. The van der Waals surface area contributed by atoms with Crippen LogP contribution < -0.4 is 10.1 Å². The minimum atomic E-state index is -3.11. The monoisotopic (exact) mass is 504 g/mol. The highest BCUT2D eigenvalue weighted by Crippen LogP contribution is 2.35. The number of carbonyl (C=O) groups excluding carboxylic acids is 1. The number of nitrogens with one attached hydrogen (secondary N) is 1. The number of rotatable bonds is 9. The summed E-state index contributed by atoms with van der Waals surface area (Å²) in [6.07, 6.45) is -2.94. The van der Waals surface area contributed by atoms with Crippen LogP contribution in [0, 0.1) is 0 Å². The topological polar surface area (TPSA) is 59.4 Å². The van der Waals surface area contributed by atoms with Crippen LogP contribution in [-0.4, -0.2) is 39.4 Å². The maximum Gasteiger partial charge on any atom is 0.283 e. The summed E-state index contributed by atoms with van der Waals surface area (Å²) >= 11 is 11.0. The number of halogens is 5. The Kier molecular flexibility index (Phi) is 7.96.